The number of hydrogen-bond donors (Lipinski definition) is 0. The van der Waals surface area contributed by atoms with Crippen LogP contribution in [-0.4, -0.2) is 5.78 Å². The van der Waals surface area contributed by atoms with Gasteiger partial charge in [-0.2, -0.15) is 13.2 Å². The Hall–Kier alpha value is -1.32. The molecule has 0 radical (unpaired) electrons. The SMILES string of the molecule is CC(C)C(=O)c1ccccc1C(F)(F)F. The zero-order chi connectivity index (χ0) is 11.6. The molecule has 0 bridgehead atoms. The van der Waals surface area contributed by atoms with Crippen molar-refractivity contribution in [3.05, 3.63) is 35.4 Å². The first kappa shape index (κ1) is 11.8. The third-order valence-corrected chi connectivity index (χ3v) is 2.02. The number of carbonyl (C=O) groups is 1. The lowest BCUT2D eigenvalue weighted by Gasteiger charge is -2.12. The van der Waals surface area contributed by atoms with E-state index in [4.69, 9.17) is 0 Å². The zero-order valence-electron chi connectivity index (χ0n) is 8.43. The maximum absolute atomic E-state index is 12.5. The number of halogens is 3. The molecular formula is C11H11F3O. The first-order valence-electron chi connectivity index (χ1n) is 4.54. The molecule has 0 aromatic heterocycles. The molecular weight excluding hydrogens is 205 g/mol. The second kappa shape index (κ2) is 4.04. The minimum absolute atomic E-state index is 0.250. The average molecular weight is 216 g/mol. The largest absolute Gasteiger partial charge is 0.417 e. The molecule has 1 nitrogen and oxygen atoms in total. The van der Waals surface area contributed by atoms with Gasteiger partial charge in [0, 0.05) is 11.5 Å². The van der Waals surface area contributed by atoms with Crippen LogP contribution >= 0.6 is 0 Å². The summed E-state index contributed by atoms with van der Waals surface area (Å²) in [5.74, 6) is -0.920. The summed E-state index contributed by atoms with van der Waals surface area (Å²) in [5, 5.41) is 0. The molecule has 0 aliphatic heterocycles. The van der Waals surface area contributed by atoms with Crippen LogP contribution in [0.5, 0.6) is 0 Å². The van der Waals surface area contributed by atoms with Gasteiger partial charge in [-0.25, -0.2) is 0 Å². The van der Waals surface area contributed by atoms with Gasteiger partial charge in [-0.05, 0) is 6.07 Å². The maximum Gasteiger partial charge on any atom is 0.417 e. The van der Waals surface area contributed by atoms with Gasteiger partial charge in [0.1, 0.15) is 0 Å². The Labute approximate surface area is 85.9 Å². The molecule has 15 heavy (non-hydrogen) atoms. The molecule has 0 unspecified atom stereocenters. The average Bonchev–Trinajstić information content (AvgIpc) is 2.15. The second-order valence-electron chi connectivity index (χ2n) is 3.56. The summed E-state index contributed by atoms with van der Waals surface area (Å²) in [5.41, 5.74) is -1.11. The van der Waals surface area contributed by atoms with E-state index >= 15 is 0 Å². The van der Waals surface area contributed by atoms with Crippen molar-refractivity contribution in [1.29, 1.82) is 0 Å². The summed E-state index contributed by atoms with van der Waals surface area (Å²) in [6.07, 6.45) is -4.47. The summed E-state index contributed by atoms with van der Waals surface area (Å²) in [4.78, 5) is 11.5. The monoisotopic (exact) mass is 216 g/mol. The van der Waals surface area contributed by atoms with E-state index in [1.807, 2.05) is 0 Å². The Kier molecular flexibility index (Phi) is 3.17. The first-order chi connectivity index (χ1) is 6.84. The van der Waals surface area contributed by atoms with E-state index in [0.29, 0.717) is 0 Å². The van der Waals surface area contributed by atoms with E-state index < -0.39 is 23.4 Å². The number of ketones is 1. The van der Waals surface area contributed by atoms with Gasteiger partial charge in [0.05, 0.1) is 5.56 Å². The van der Waals surface area contributed by atoms with Crippen LogP contribution in [0.2, 0.25) is 0 Å². The summed E-state index contributed by atoms with van der Waals surface area (Å²) in [7, 11) is 0. The predicted octanol–water partition coefficient (Wildman–Crippen LogP) is 3.54. The molecule has 1 aromatic carbocycles. The van der Waals surface area contributed by atoms with Crippen LogP contribution in [0.3, 0.4) is 0 Å². The smallest absolute Gasteiger partial charge is 0.294 e. The molecule has 1 rings (SSSR count). The molecule has 0 amide bonds. The van der Waals surface area contributed by atoms with Crippen molar-refractivity contribution in [2.75, 3.05) is 0 Å². The Morgan fingerprint density at radius 2 is 1.73 bits per heavy atom. The van der Waals surface area contributed by atoms with Crippen molar-refractivity contribution in [1.82, 2.24) is 0 Å². The number of alkyl halides is 3. The molecule has 0 saturated heterocycles. The van der Waals surface area contributed by atoms with Gasteiger partial charge in [0.2, 0.25) is 0 Å². The highest BCUT2D eigenvalue weighted by molar-refractivity contribution is 5.98. The lowest BCUT2D eigenvalue weighted by molar-refractivity contribution is -0.137. The predicted molar refractivity (Wildman–Crippen MR) is 50.6 cm³/mol. The fraction of sp³-hybridized carbons (Fsp3) is 0.364. The molecule has 0 saturated carbocycles. The summed E-state index contributed by atoms with van der Waals surface area (Å²) in [6, 6.07) is 4.85. The van der Waals surface area contributed by atoms with E-state index in [1.54, 1.807) is 13.8 Å². The van der Waals surface area contributed by atoms with E-state index in [9.17, 15) is 18.0 Å². The standard InChI is InChI=1S/C11H11F3O/c1-7(2)10(15)8-5-3-4-6-9(8)11(12,13)14/h3-7H,1-2H3. The molecule has 0 N–H and O–H groups in total. The molecule has 0 spiro atoms. The van der Waals surface area contributed by atoms with E-state index in [2.05, 4.69) is 0 Å². The van der Waals surface area contributed by atoms with Gasteiger partial charge in [-0.3, -0.25) is 4.79 Å². The first-order valence-corrected chi connectivity index (χ1v) is 4.54. The number of rotatable bonds is 2. The highest BCUT2D eigenvalue weighted by atomic mass is 19.4. The fourth-order valence-electron chi connectivity index (χ4n) is 1.26. The van der Waals surface area contributed by atoms with Crippen LogP contribution in [0.4, 0.5) is 13.2 Å². The van der Waals surface area contributed by atoms with Gasteiger partial charge >= 0.3 is 6.18 Å². The van der Waals surface area contributed by atoms with Crippen molar-refractivity contribution < 1.29 is 18.0 Å². The molecule has 0 atom stereocenters. The fourth-order valence-corrected chi connectivity index (χ4v) is 1.26. The molecule has 82 valence electrons. The van der Waals surface area contributed by atoms with Crippen LogP contribution in [0.25, 0.3) is 0 Å². The minimum atomic E-state index is -4.47. The van der Waals surface area contributed by atoms with Gasteiger partial charge in [0.25, 0.3) is 0 Å². The number of benzene rings is 1. The Morgan fingerprint density at radius 1 is 1.20 bits per heavy atom. The quantitative estimate of drug-likeness (QED) is 0.691. The lowest BCUT2D eigenvalue weighted by atomic mass is 9.96. The highest BCUT2D eigenvalue weighted by Gasteiger charge is 2.34. The number of hydrogen-bond acceptors (Lipinski definition) is 1. The van der Waals surface area contributed by atoms with Gasteiger partial charge in [-0.15, -0.1) is 0 Å². The third kappa shape index (κ3) is 2.58. The van der Waals surface area contributed by atoms with E-state index in [1.165, 1.54) is 18.2 Å². The summed E-state index contributed by atoms with van der Waals surface area (Å²) in [6.45, 7) is 3.16. The molecule has 0 aliphatic carbocycles. The van der Waals surface area contributed by atoms with E-state index in [0.717, 1.165) is 6.07 Å². The number of Topliss-reactive ketones (excluding diaryl/α,β-unsaturated/α-hetero) is 1. The summed E-state index contributed by atoms with van der Waals surface area (Å²) >= 11 is 0. The van der Waals surface area contributed by atoms with Crippen molar-refractivity contribution in [2.24, 2.45) is 5.92 Å². The molecule has 1 aromatic rings. The Bertz CT molecular complexity index is 366. The lowest BCUT2D eigenvalue weighted by Crippen LogP contribution is -2.16. The highest BCUT2D eigenvalue weighted by Crippen LogP contribution is 2.32. The Balaban J connectivity index is 3.25. The molecule has 0 heterocycles. The molecule has 0 aliphatic rings. The second-order valence-corrected chi connectivity index (χ2v) is 3.56. The van der Waals surface area contributed by atoms with Crippen LogP contribution in [0.15, 0.2) is 24.3 Å². The van der Waals surface area contributed by atoms with Crippen LogP contribution in [-0.2, 0) is 6.18 Å². The minimum Gasteiger partial charge on any atom is -0.294 e. The van der Waals surface area contributed by atoms with Crippen LogP contribution in [0, 0.1) is 5.92 Å². The zero-order valence-corrected chi connectivity index (χ0v) is 8.43. The van der Waals surface area contributed by atoms with Crippen LogP contribution in [0.1, 0.15) is 29.8 Å². The topological polar surface area (TPSA) is 17.1 Å². The normalized spacial score (nSPS) is 11.9. The number of carbonyl (C=O) groups excluding carboxylic acids is 1. The van der Waals surface area contributed by atoms with Crippen molar-refractivity contribution in [2.45, 2.75) is 20.0 Å². The van der Waals surface area contributed by atoms with Gasteiger partial charge in [0.15, 0.2) is 5.78 Å². The third-order valence-electron chi connectivity index (χ3n) is 2.02. The Morgan fingerprint density at radius 3 is 2.20 bits per heavy atom. The van der Waals surface area contributed by atoms with Crippen molar-refractivity contribution in [3.63, 3.8) is 0 Å². The van der Waals surface area contributed by atoms with Gasteiger partial charge in [-0.1, -0.05) is 32.0 Å². The summed E-state index contributed by atoms with van der Waals surface area (Å²) < 4.78 is 37.6. The van der Waals surface area contributed by atoms with E-state index in [-0.39, 0.29) is 5.56 Å². The van der Waals surface area contributed by atoms with Crippen molar-refractivity contribution >= 4 is 5.78 Å². The van der Waals surface area contributed by atoms with Gasteiger partial charge < -0.3 is 0 Å². The maximum atomic E-state index is 12.5. The molecule has 4 heteroatoms. The molecule has 0 fully saturated rings. The van der Waals surface area contributed by atoms with Crippen LogP contribution < -0.4 is 0 Å². The van der Waals surface area contributed by atoms with Crippen molar-refractivity contribution in [3.8, 4) is 0 Å².